The minimum Gasteiger partial charge on any atom is -0.362 e. The van der Waals surface area contributed by atoms with Crippen molar-refractivity contribution in [2.24, 2.45) is 0 Å². The number of carbonyl (C=O) groups is 5. The molecule has 1 aromatic carbocycles. The molecule has 4 amide bonds. The summed E-state index contributed by atoms with van der Waals surface area (Å²) in [6, 6.07) is 7.82. The molecule has 8 N–H and O–H groups in total. The van der Waals surface area contributed by atoms with E-state index >= 15 is 0 Å². The Balaban J connectivity index is 2.04. The van der Waals surface area contributed by atoms with Gasteiger partial charge in [-0.1, -0.05) is 12.8 Å². The number of amides is 4. The van der Waals surface area contributed by atoms with E-state index in [1.807, 2.05) is 38.1 Å². The highest BCUT2D eigenvalue weighted by molar-refractivity contribution is 7.80. The highest BCUT2D eigenvalue weighted by atomic mass is 32.1. The largest absolute Gasteiger partial charge is 0.362 e. The van der Waals surface area contributed by atoms with E-state index < -0.39 is 17.7 Å². The molecule has 0 atom stereocenters. The lowest BCUT2D eigenvalue weighted by atomic mass is 10.1. The van der Waals surface area contributed by atoms with Crippen LogP contribution in [0.2, 0.25) is 0 Å². The minimum absolute atomic E-state index is 0.0481. The van der Waals surface area contributed by atoms with Crippen LogP contribution in [0.1, 0.15) is 117 Å². The van der Waals surface area contributed by atoms with E-state index in [2.05, 4.69) is 26.6 Å². The molecule has 0 radical (unpaired) electrons. The quantitative estimate of drug-likeness (QED) is 0.0245. The summed E-state index contributed by atoms with van der Waals surface area (Å²) in [7, 11) is 0. The lowest BCUT2D eigenvalue weighted by Gasteiger charge is -2.15. The molecular formula is C37H62N8O8S2. The number of nitrogens with zero attached hydrogens (tertiary/aromatic N) is 3. The van der Waals surface area contributed by atoms with Gasteiger partial charge in [0.2, 0.25) is 23.6 Å². The molecule has 0 fully saturated rings. The van der Waals surface area contributed by atoms with Crippen LogP contribution >= 0.6 is 24.4 Å². The first-order valence-corrected chi connectivity index (χ1v) is 20.0. The molecule has 0 heterocycles. The van der Waals surface area contributed by atoms with Crippen LogP contribution in [0, 0.1) is 0 Å². The van der Waals surface area contributed by atoms with E-state index in [0.29, 0.717) is 83.4 Å². The molecule has 310 valence electrons. The SMILES string of the molecule is CC(=O)N(O)CCCCCCC(=O)CCC(=O)N(O)CCCCCNC(=O)CCC(=O)N(O)CCCCCNC(=S)Nc1ccc(NC(=S)NC(C)C)cc1. The standard InChI is InChI=1S/C37H62N8O8S2/c1-28(2)40-37(55)42-31-17-15-30(16-18-31)41-36(54)39-24-10-7-13-27-45(53)35(50)22-20-33(48)38-23-9-6-12-26-44(52)34(49)21-19-32(47)14-8-4-5-11-25-43(51)29(3)46/h15-18,28,51-53H,4-14,19-27H2,1-3H3,(H,38,48)(H2,39,41,54)(H2,40,42,55). The average molecular weight is 811 g/mol. The first kappa shape index (κ1) is 49.0. The summed E-state index contributed by atoms with van der Waals surface area (Å²) in [5.74, 6) is -1.81. The number of ketones is 1. The monoisotopic (exact) mass is 810 g/mol. The fraction of sp³-hybridized carbons (Fsp3) is 0.649. The van der Waals surface area contributed by atoms with Gasteiger partial charge in [0.05, 0.1) is 0 Å². The fourth-order valence-corrected chi connectivity index (χ4v) is 5.65. The predicted molar refractivity (Wildman–Crippen MR) is 219 cm³/mol. The Kier molecular flexibility index (Phi) is 26.2. The molecule has 16 nitrogen and oxygen atoms in total. The number of anilines is 2. The summed E-state index contributed by atoms with van der Waals surface area (Å²) in [5.41, 5.74) is 1.69. The van der Waals surface area contributed by atoms with Crippen LogP contribution < -0.4 is 26.6 Å². The lowest BCUT2D eigenvalue weighted by Crippen LogP contribution is -2.33. The second-order valence-corrected chi connectivity index (χ2v) is 14.4. The average Bonchev–Trinajstić information content (AvgIpc) is 3.13. The van der Waals surface area contributed by atoms with Crippen molar-refractivity contribution in [3.05, 3.63) is 24.3 Å². The first-order chi connectivity index (χ1) is 26.2. The van der Waals surface area contributed by atoms with Crippen molar-refractivity contribution in [2.45, 2.75) is 123 Å². The number of carbonyl (C=O) groups excluding carboxylic acids is 5. The predicted octanol–water partition coefficient (Wildman–Crippen LogP) is 4.88. The Labute approximate surface area is 336 Å². The zero-order valence-electron chi connectivity index (χ0n) is 32.6. The minimum atomic E-state index is -0.523. The van der Waals surface area contributed by atoms with Crippen LogP contribution in [0.15, 0.2) is 24.3 Å². The number of Topliss-reactive ketones (excluding diaryl/α,β-unsaturated/α-hetero) is 1. The topological polar surface area (TPSA) is 216 Å². The number of rotatable bonds is 28. The van der Waals surface area contributed by atoms with Crippen LogP contribution in [0.3, 0.4) is 0 Å². The molecule has 0 saturated heterocycles. The van der Waals surface area contributed by atoms with E-state index in [4.69, 9.17) is 24.4 Å². The maximum absolute atomic E-state index is 12.2. The highest BCUT2D eigenvalue weighted by Crippen LogP contribution is 2.14. The second-order valence-electron chi connectivity index (χ2n) is 13.6. The van der Waals surface area contributed by atoms with E-state index in [1.54, 1.807) is 0 Å². The number of hydrogen-bond donors (Lipinski definition) is 8. The van der Waals surface area contributed by atoms with Crippen LogP contribution in [0.25, 0.3) is 0 Å². The number of nitrogens with one attached hydrogen (secondary N) is 5. The third kappa shape index (κ3) is 25.7. The van der Waals surface area contributed by atoms with Gasteiger partial charge < -0.3 is 26.6 Å². The van der Waals surface area contributed by atoms with Gasteiger partial charge >= 0.3 is 0 Å². The van der Waals surface area contributed by atoms with Crippen LogP contribution in [-0.2, 0) is 24.0 Å². The molecule has 0 bridgehead atoms. The van der Waals surface area contributed by atoms with Gasteiger partial charge in [0, 0.05) is 89.2 Å². The van der Waals surface area contributed by atoms with Crippen molar-refractivity contribution in [1.29, 1.82) is 0 Å². The molecule has 0 aliphatic heterocycles. The molecule has 1 aromatic rings. The Hall–Kier alpha value is -3.97. The molecule has 1 rings (SSSR count). The van der Waals surface area contributed by atoms with Gasteiger partial charge in [-0.25, -0.2) is 15.2 Å². The fourth-order valence-electron chi connectivity index (χ4n) is 5.08. The number of hydrogen-bond acceptors (Lipinski definition) is 10. The van der Waals surface area contributed by atoms with Gasteiger partial charge in [0.1, 0.15) is 5.78 Å². The first-order valence-electron chi connectivity index (χ1n) is 19.1. The van der Waals surface area contributed by atoms with E-state index in [-0.39, 0.29) is 63.0 Å². The molecule has 0 aliphatic carbocycles. The molecule has 18 heteroatoms. The number of thiocarbonyl (C=S) groups is 2. The van der Waals surface area contributed by atoms with Crippen molar-refractivity contribution >= 4 is 75.4 Å². The van der Waals surface area contributed by atoms with E-state index in [9.17, 15) is 39.6 Å². The maximum Gasteiger partial charge on any atom is 0.246 e. The smallest absolute Gasteiger partial charge is 0.246 e. The summed E-state index contributed by atoms with van der Waals surface area (Å²) in [6.45, 7) is 6.85. The van der Waals surface area contributed by atoms with E-state index in [1.165, 1.54) is 6.92 Å². The van der Waals surface area contributed by atoms with Crippen LogP contribution in [0.4, 0.5) is 11.4 Å². The third-order valence-electron chi connectivity index (χ3n) is 8.22. The summed E-state index contributed by atoms with van der Waals surface area (Å²) in [4.78, 5) is 59.5. The van der Waals surface area contributed by atoms with Crippen LogP contribution in [0.5, 0.6) is 0 Å². The molecule has 55 heavy (non-hydrogen) atoms. The number of unbranched alkanes of at least 4 members (excludes halogenated alkanes) is 7. The van der Waals surface area contributed by atoms with Crippen molar-refractivity contribution in [3.8, 4) is 0 Å². The highest BCUT2D eigenvalue weighted by Gasteiger charge is 2.15. The molecule has 0 spiro atoms. The Morgan fingerprint density at radius 2 is 1.04 bits per heavy atom. The Bertz CT molecular complexity index is 1350. The van der Waals surface area contributed by atoms with Crippen molar-refractivity contribution in [2.75, 3.05) is 43.4 Å². The van der Waals surface area contributed by atoms with Gasteiger partial charge in [0.25, 0.3) is 0 Å². The summed E-state index contributed by atoms with van der Waals surface area (Å²) < 4.78 is 0. The molecule has 0 saturated carbocycles. The summed E-state index contributed by atoms with van der Waals surface area (Å²) in [6.07, 6.45) is 6.91. The zero-order valence-corrected chi connectivity index (χ0v) is 34.2. The lowest BCUT2D eigenvalue weighted by molar-refractivity contribution is -0.166. The van der Waals surface area contributed by atoms with Gasteiger partial charge in [-0.2, -0.15) is 0 Å². The summed E-state index contributed by atoms with van der Waals surface area (Å²) >= 11 is 10.6. The number of benzene rings is 1. The normalized spacial score (nSPS) is 10.7. The third-order valence-corrected chi connectivity index (χ3v) is 8.69. The molecule has 0 aliphatic rings. The molecule has 0 aromatic heterocycles. The van der Waals surface area contributed by atoms with Gasteiger partial charge in [-0.15, -0.1) is 0 Å². The zero-order chi connectivity index (χ0) is 41.0. The summed E-state index contributed by atoms with van der Waals surface area (Å²) in [5, 5.41) is 47.6. The van der Waals surface area contributed by atoms with Gasteiger partial charge in [0.15, 0.2) is 10.2 Å². The second kappa shape index (κ2) is 29.3. The van der Waals surface area contributed by atoms with Crippen LogP contribution in [-0.4, -0.2) is 109 Å². The van der Waals surface area contributed by atoms with Crippen molar-refractivity contribution in [1.82, 2.24) is 31.1 Å². The van der Waals surface area contributed by atoms with Gasteiger partial charge in [-0.05, 0) is 114 Å². The molecular weight excluding hydrogens is 749 g/mol. The Morgan fingerprint density at radius 3 is 1.56 bits per heavy atom. The van der Waals surface area contributed by atoms with Gasteiger partial charge in [-0.3, -0.25) is 39.6 Å². The van der Waals surface area contributed by atoms with Crippen molar-refractivity contribution in [3.63, 3.8) is 0 Å². The van der Waals surface area contributed by atoms with E-state index in [0.717, 1.165) is 37.1 Å². The molecule has 0 unspecified atom stereocenters. The van der Waals surface area contributed by atoms with Crippen molar-refractivity contribution < 1.29 is 39.6 Å². The number of hydroxylamine groups is 6. The Morgan fingerprint density at radius 1 is 0.582 bits per heavy atom. The maximum atomic E-state index is 12.2.